The molecule has 0 atom stereocenters. The Kier molecular flexibility index (Phi) is 7.39. The zero-order valence-corrected chi connectivity index (χ0v) is 16.2. The number of nitrogens with zero attached hydrogens (tertiary/aromatic N) is 1. The Morgan fingerprint density at radius 2 is 2.12 bits per heavy atom. The van der Waals surface area contributed by atoms with E-state index < -0.39 is 0 Å². The summed E-state index contributed by atoms with van der Waals surface area (Å²) in [5.41, 5.74) is 4.90. The second kappa shape index (κ2) is 9.54. The smallest absolute Gasteiger partial charge is 0.174 e. The minimum Gasteiger partial charge on any atom is -0.493 e. The van der Waals surface area contributed by atoms with Crippen LogP contribution in [0.1, 0.15) is 11.1 Å². The molecule has 0 saturated carbocycles. The second-order valence-corrected chi connectivity index (χ2v) is 6.39. The third-order valence-corrected chi connectivity index (χ3v) is 4.30. The number of methoxy groups -OCH3 is 1. The highest BCUT2D eigenvalue weighted by Gasteiger charge is 2.10. The van der Waals surface area contributed by atoms with Crippen molar-refractivity contribution in [3.63, 3.8) is 0 Å². The Bertz CT molecular complexity index is 735. The summed E-state index contributed by atoms with van der Waals surface area (Å²) in [6.45, 7) is 4.64. The molecule has 0 saturated heterocycles. The molecule has 0 aromatic heterocycles. The summed E-state index contributed by atoms with van der Waals surface area (Å²) in [6, 6.07) is 11.5. The highest BCUT2D eigenvalue weighted by molar-refractivity contribution is 14.1. The van der Waals surface area contributed by atoms with E-state index in [9.17, 15) is 0 Å². The molecule has 24 heavy (non-hydrogen) atoms. The molecule has 0 radical (unpaired) electrons. The number of nitrogens with one attached hydrogen (secondary N) is 1. The molecule has 2 rings (SSSR count). The molecule has 6 heteroatoms. The van der Waals surface area contributed by atoms with Gasteiger partial charge in [-0.15, -0.1) is 0 Å². The van der Waals surface area contributed by atoms with Crippen LogP contribution < -0.4 is 14.9 Å². The van der Waals surface area contributed by atoms with Crippen LogP contribution in [-0.4, -0.2) is 19.9 Å². The van der Waals surface area contributed by atoms with Gasteiger partial charge in [0.1, 0.15) is 6.61 Å². The molecular formula is C18H18ClIN2O2. The molecule has 4 nitrogen and oxygen atoms in total. The van der Waals surface area contributed by atoms with Gasteiger partial charge < -0.3 is 14.9 Å². The van der Waals surface area contributed by atoms with Crippen molar-refractivity contribution in [2.24, 2.45) is 5.10 Å². The Morgan fingerprint density at radius 3 is 2.83 bits per heavy atom. The lowest BCUT2D eigenvalue weighted by Crippen LogP contribution is -2.06. The van der Waals surface area contributed by atoms with Crippen molar-refractivity contribution < 1.29 is 9.47 Å². The fourth-order valence-electron chi connectivity index (χ4n) is 1.99. The molecule has 0 amide bonds. The van der Waals surface area contributed by atoms with Gasteiger partial charge in [0.15, 0.2) is 11.5 Å². The molecule has 0 fully saturated rings. The number of ether oxygens (including phenoxy) is 2. The first kappa shape index (κ1) is 18.6. The van der Waals surface area contributed by atoms with Crippen LogP contribution in [0.15, 0.2) is 54.2 Å². The first-order chi connectivity index (χ1) is 11.7. The quantitative estimate of drug-likeness (QED) is 0.272. The van der Waals surface area contributed by atoms with Crippen LogP contribution in [0, 0.1) is 3.57 Å². The van der Waals surface area contributed by atoms with Crippen LogP contribution in [-0.2, 0) is 6.54 Å². The van der Waals surface area contributed by atoms with Crippen LogP contribution in [0.3, 0.4) is 0 Å². The summed E-state index contributed by atoms with van der Waals surface area (Å²) in [6.07, 6.45) is 3.43. The first-order valence-corrected chi connectivity index (χ1v) is 8.72. The average Bonchev–Trinajstić information content (AvgIpc) is 2.58. The molecule has 2 aromatic rings. The molecule has 0 heterocycles. The molecular weight excluding hydrogens is 439 g/mol. The van der Waals surface area contributed by atoms with Gasteiger partial charge in [0, 0.05) is 5.02 Å². The monoisotopic (exact) mass is 456 g/mol. The summed E-state index contributed by atoms with van der Waals surface area (Å²) in [5.74, 6) is 1.37. The van der Waals surface area contributed by atoms with E-state index in [-0.39, 0.29) is 0 Å². The van der Waals surface area contributed by atoms with Gasteiger partial charge in [-0.1, -0.05) is 42.5 Å². The van der Waals surface area contributed by atoms with Gasteiger partial charge in [-0.05, 0) is 51.9 Å². The van der Waals surface area contributed by atoms with E-state index in [0.717, 1.165) is 19.7 Å². The number of hydrazone groups is 1. The van der Waals surface area contributed by atoms with E-state index in [1.165, 1.54) is 0 Å². The topological polar surface area (TPSA) is 42.8 Å². The van der Waals surface area contributed by atoms with Gasteiger partial charge in [-0.25, -0.2) is 0 Å². The predicted octanol–water partition coefficient (Wildman–Crippen LogP) is 4.64. The predicted molar refractivity (Wildman–Crippen MR) is 107 cm³/mol. The molecule has 126 valence electrons. The average molecular weight is 457 g/mol. The van der Waals surface area contributed by atoms with E-state index in [4.69, 9.17) is 21.1 Å². The maximum atomic E-state index is 6.11. The second-order valence-electron chi connectivity index (χ2n) is 4.82. The molecule has 1 N–H and O–H groups in total. The van der Waals surface area contributed by atoms with Crippen molar-refractivity contribution in [3.05, 3.63) is 68.8 Å². The summed E-state index contributed by atoms with van der Waals surface area (Å²) in [4.78, 5) is 0. The number of hydrogen-bond acceptors (Lipinski definition) is 4. The van der Waals surface area contributed by atoms with Crippen LogP contribution in [0.4, 0.5) is 0 Å². The molecule has 0 bridgehead atoms. The summed E-state index contributed by atoms with van der Waals surface area (Å²) in [5, 5.41) is 4.96. The molecule has 2 aromatic carbocycles. The number of halogens is 2. The zero-order valence-electron chi connectivity index (χ0n) is 13.3. The maximum Gasteiger partial charge on any atom is 0.174 e. The maximum absolute atomic E-state index is 6.11. The molecule has 0 spiro atoms. The van der Waals surface area contributed by atoms with Gasteiger partial charge in [0.25, 0.3) is 0 Å². The highest BCUT2D eigenvalue weighted by atomic mass is 127. The number of hydrogen-bond donors (Lipinski definition) is 1. The van der Waals surface area contributed by atoms with E-state index >= 15 is 0 Å². The van der Waals surface area contributed by atoms with Crippen LogP contribution >= 0.6 is 34.2 Å². The van der Waals surface area contributed by atoms with Gasteiger partial charge >= 0.3 is 0 Å². The van der Waals surface area contributed by atoms with Gasteiger partial charge in [0.05, 0.1) is 23.4 Å². The van der Waals surface area contributed by atoms with Crippen molar-refractivity contribution >= 4 is 40.4 Å². The molecule has 0 aliphatic carbocycles. The van der Waals surface area contributed by atoms with Crippen molar-refractivity contribution in [1.29, 1.82) is 0 Å². The zero-order chi connectivity index (χ0) is 17.4. The largest absolute Gasteiger partial charge is 0.493 e. The summed E-state index contributed by atoms with van der Waals surface area (Å²) >= 11 is 8.32. The minimum absolute atomic E-state index is 0.430. The van der Waals surface area contributed by atoms with Crippen molar-refractivity contribution in [3.8, 4) is 11.5 Å². The Balaban J connectivity index is 2.05. The van der Waals surface area contributed by atoms with E-state index in [0.29, 0.717) is 24.7 Å². The fraction of sp³-hybridized carbons (Fsp3) is 0.167. The summed E-state index contributed by atoms with van der Waals surface area (Å²) < 4.78 is 12.0. The first-order valence-electron chi connectivity index (χ1n) is 7.26. The summed E-state index contributed by atoms with van der Waals surface area (Å²) in [7, 11) is 1.61. The standard InChI is InChI=1S/C18H18ClIN2O2/c1-3-8-24-18-16(20)9-13(10-17(18)23-2)11-21-22-12-14-6-4-5-7-15(14)19/h3-7,9-11,22H,1,8,12H2,2H3/b21-11-. The third kappa shape index (κ3) is 5.14. The van der Waals surface area contributed by atoms with Gasteiger partial charge in [0.2, 0.25) is 0 Å². The minimum atomic E-state index is 0.430. The number of rotatable bonds is 8. The van der Waals surface area contributed by atoms with E-state index in [1.807, 2.05) is 36.4 Å². The van der Waals surface area contributed by atoms with Crippen molar-refractivity contribution in [2.75, 3.05) is 13.7 Å². The normalized spacial score (nSPS) is 10.6. The SMILES string of the molecule is C=CCOc1c(I)cc(/C=N\NCc2ccccc2Cl)cc1OC. The molecule has 0 aliphatic heterocycles. The van der Waals surface area contributed by atoms with Crippen LogP contribution in [0.2, 0.25) is 5.02 Å². The van der Waals surface area contributed by atoms with Crippen LogP contribution in [0.25, 0.3) is 0 Å². The molecule has 0 aliphatic rings. The van der Waals surface area contributed by atoms with Crippen molar-refractivity contribution in [1.82, 2.24) is 5.43 Å². The fourth-order valence-corrected chi connectivity index (χ4v) is 2.97. The van der Waals surface area contributed by atoms with Gasteiger partial charge in [-0.3, -0.25) is 0 Å². The Labute approximate surface area is 160 Å². The third-order valence-electron chi connectivity index (χ3n) is 3.13. The van der Waals surface area contributed by atoms with Gasteiger partial charge in [-0.2, -0.15) is 5.10 Å². The van der Waals surface area contributed by atoms with E-state index in [1.54, 1.807) is 19.4 Å². The molecule has 0 unspecified atom stereocenters. The van der Waals surface area contributed by atoms with Crippen LogP contribution in [0.5, 0.6) is 11.5 Å². The van der Waals surface area contributed by atoms with Crippen molar-refractivity contribution in [2.45, 2.75) is 6.54 Å². The Morgan fingerprint density at radius 1 is 1.33 bits per heavy atom. The lowest BCUT2D eigenvalue weighted by atomic mass is 10.2. The number of benzene rings is 2. The van der Waals surface area contributed by atoms with E-state index in [2.05, 4.69) is 39.7 Å². The lowest BCUT2D eigenvalue weighted by molar-refractivity contribution is 0.324. The highest BCUT2D eigenvalue weighted by Crippen LogP contribution is 2.33. The Hall–Kier alpha value is -1.73. The lowest BCUT2D eigenvalue weighted by Gasteiger charge is -2.12.